The second kappa shape index (κ2) is 7.68. The third kappa shape index (κ3) is 4.52. The number of halogens is 1. The molecule has 1 N–H and O–H groups in total. The Morgan fingerprint density at radius 1 is 1.30 bits per heavy atom. The van der Waals surface area contributed by atoms with Gasteiger partial charge in [-0.3, -0.25) is 0 Å². The number of benzene rings is 1. The molecule has 1 aromatic heterocycles. The maximum atomic E-state index is 5.81. The van der Waals surface area contributed by atoms with E-state index < -0.39 is 0 Å². The molecule has 0 radical (unpaired) electrons. The van der Waals surface area contributed by atoms with Gasteiger partial charge in [-0.25, -0.2) is 4.98 Å². The highest BCUT2D eigenvalue weighted by atomic mass is 127. The zero-order valence-corrected chi connectivity index (χ0v) is 14.4. The molecule has 106 valence electrons. The van der Waals surface area contributed by atoms with Crippen LogP contribution in [0.3, 0.4) is 0 Å². The molecule has 1 heterocycles. The molecule has 0 unspecified atom stereocenters. The third-order valence-electron chi connectivity index (χ3n) is 2.44. The van der Waals surface area contributed by atoms with Gasteiger partial charge < -0.3 is 10.1 Å². The Bertz CT molecular complexity index is 580. The van der Waals surface area contributed by atoms with Crippen LogP contribution in [0.1, 0.15) is 13.3 Å². The lowest BCUT2D eigenvalue weighted by Gasteiger charge is -2.09. The molecule has 2 rings (SSSR count). The van der Waals surface area contributed by atoms with Gasteiger partial charge in [-0.15, -0.1) is 0 Å². The van der Waals surface area contributed by atoms with Crippen LogP contribution >= 0.6 is 34.4 Å². The Balaban J connectivity index is 2.21. The molecule has 0 amide bonds. The molecule has 6 heteroatoms. The summed E-state index contributed by atoms with van der Waals surface area (Å²) in [5.74, 6) is 2.14. The highest BCUT2D eigenvalue weighted by molar-refractivity contribution is 14.1. The van der Waals surface area contributed by atoms with E-state index in [0.717, 1.165) is 28.1 Å². The van der Waals surface area contributed by atoms with Crippen molar-refractivity contribution in [2.45, 2.75) is 18.5 Å². The number of aromatic nitrogens is 2. The van der Waals surface area contributed by atoms with Crippen molar-refractivity contribution in [3.63, 3.8) is 0 Å². The van der Waals surface area contributed by atoms with Gasteiger partial charge in [0.15, 0.2) is 5.16 Å². The van der Waals surface area contributed by atoms with Crippen molar-refractivity contribution in [1.82, 2.24) is 9.97 Å². The molecular weight excluding hydrogens is 385 g/mol. The van der Waals surface area contributed by atoms with Crippen molar-refractivity contribution in [2.24, 2.45) is 0 Å². The molecule has 0 aliphatic rings. The van der Waals surface area contributed by atoms with Crippen LogP contribution in [-0.4, -0.2) is 22.8 Å². The number of thioether (sulfide) groups is 1. The SMILES string of the molecule is CCCNc1cc(Oc2cccc(I)c2)nc(SC)n1. The standard InChI is InChI=1S/C14H16IN3OS/c1-3-7-16-12-9-13(18-14(17-12)20-2)19-11-6-4-5-10(15)8-11/h4-6,8-9H,3,7H2,1-2H3,(H,16,17,18). The van der Waals surface area contributed by atoms with Crippen LogP contribution in [0.4, 0.5) is 5.82 Å². The topological polar surface area (TPSA) is 47.0 Å². The van der Waals surface area contributed by atoms with E-state index in [1.165, 1.54) is 11.8 Å². The Hall–Kier alpha value is -1.02. The molecular formula is C14H16IN3OS. The Labute approximate surface area is 136 Å². The van der Waals surface area contributed by atoms with Crippen LogP contribution in [0.25, 0.3) is 0 Å². The fourth-order valence-corrected chi connectivity index (χ4v) is 2.43. The average Bonchev–Trinajstić information content (AvgIpc) is 2.45. The quantitative estimate of drug-likeness (QED) is 0.441. The Morgan fingerprint density at radius 2 is 2.15 bits per heavy atom. The van der Waals surface area contributed by atoms with Gasteiger partial charge in [0.05, 0.1) is 0 Å². The van der Waals surface area contributed by atoms with Gasteiger partial charge >= 0.3 is 0 Å². The van der Waals surface area contributed by atoms with Crippen LogP contribution in [0.2, 0.25) is 0 Å². The molecule has 0 atom stereocenters. The first-order valence-corrected chi connectivity index (χ1v) is 8.62. The zero-order valence-electron chi connectivity index (χ0n) is 11.4. The number of anilines is 1. The van der Waals surface area contributed by atoms with E-state index in [4.69, 9.17) is 4.74 Å². The molecule has 0 spiro atoms. The highest BCUT2D eigenvalue weighted by Crippen LogP contribution is 2.25. The predicted octanol–water partition coefficient (Wildman–Crippen LogP) is 4.42. The molecule has 0 saturated carbocycles. The minimum Gasteiger partial charge on any atom is -0.439 e. The van der Waals surface area contributed by atoms with E-state index in [2.05, 4.69) is 44.8 Å². The van der Waals surface area contributed by atoms with Gasteiger partial charge in [0.2, 0.25) is 5.88 Å². The smallest absolute Gasteiger partial charge is 0.225 e. The lowest BCUT2D eigenvalue weighted by atomic mass is 10.3. The number of ether oxygens (including phenoxy) is 1. The summed E-state index contributed by atoms with van der Waals surface area (Å²) in [5.41, 5.74) is 0. The summed E-state index contributed by atoms with van der Waals surface area (Å²) in [5, 5.41) is 3.96. The van der Waals surface area contributed by atoms with E-state index in [1.807, 2.05) is 36.6 Å². The van der Waals surface area contributed by atoms with Crippen molar-refractivity contribution in [2.75, 3.05) is 18.1 Å². The second-order valence-electron chi connectivity index (χ2n) is 4.06. The molecule has 0 aliphatic heterocycles. The first kappa shape index (κ1) is 15.4. The predicted molar refractivity (Wildman–Crippen MR) is 91.8 cm³/mol. The summed E-state index contributed by atoms with van der Waals surface area (Å²) >= 11 is 3.76. The van der Waals surface area contributed by atoms with Crippen LogP contribution in [0, 0.1) is 3.57 Å². The molecule has 1 aromatic carbocycles. The number of hydrogen-bond donors (Lipinski definition) is 1. The van der Waals surface area contributed by atoms with E-state index in [0.29, 0.717) is 11.0 Å². The Morgan fingerprint density at radius 3 is 2.85 bits per heavy atom. The van der Waals surface area contributed by atoms with Crippen LogP contribution < -0.4 is 10.1 Å². The number of nitrogens with zero attached hydrogens (tertiary/aromatic N) is 2. The normalized spacial score (nSPS) is 10.3. The van der Waals surface area contributed by atoms with Crippen molar-refractivity contribution in [3.05, 3.63) is 33.9 Å². The maximum absolute atomic E-state index is 5.81. The van der Waals surface area contributed by atoms with Gasteiger partial charge in [-0.05, 0) is 53.5 Å². The van der Waals surface area contributed by atoms with E-state index in [9.17, 15) is 0 Å². The molecule has 0 fully saturated rings. The average molecular weight is 401 g/mol. The maximum Gasteiger partial charge on any atom is 0.225 e. The first-order chi connectivity index (χ1) is 9.71. The van der Waals surface area contributed by atoms with Crippen LogP contribution in [0.15, 0.2) is 35.5 Å². The Kier molecular flexibility index (Phi) is 5.90. The minimum atomic E-state index is 0.560. The van der Waals surface area contributed by atoms with E-state index in [-0.39, 0.29) is 0 Å². The summed E-state index contributed by atoms with van der Waals surface area (Å²) in [7, 11) is 0. The second-order valence-corrected chi connectivity index (χ2v) is 6.08. The highest BCUT2D eigenvalue weighted by Gasteiger charge is 2.06. The fourth-order valence-electron chi connectivity index (χ4n) is 1.54. The largest absolute Gasteiger partial charge is 0.439 e. The summed E-state index contributed by atoms with van der Waals surface area (Å²) in [4.78, 5) is 8.78. The van der Waals surface area contributed by atoms with Crippen molar-refractivity contribution in [3.8, 4) is 11.6 Å². The molecule has 4 nitrogen and oxygen atoms in total. The van der Waals surface area contributed by atoms with Crippen molar-refractivity contribution in [1.29, 1.82) is 0 Å². The molecule has 0 bridgehead atoms. The van der Waals surface area contributed by atoms with Crippen LogP contribution in [0.5, 0.6) is 11.6 Å². The summed E-state index contributed by atoms with van der Waals surface area (Å²) < 4.78 is 6.94. The van der Waals surface area contributed by atoms with Crippen molar-refractivity contribution < 1.29 is 4.74 Å². The van der Waals surface area contributed by atoms with Crippen LogP contribution in [-0.2, 0) is 0 Å². The summed E-state index contributed by atoms with van der Waals surface area (Å²) in [6.45, 7) is 3.00. The van der Waals surface area contributed by atoms with Gasteiger partial charge in [0, 0.05) is 16.2 Å². The van der Waals surface area contributed by atoms with Gasteiger partial charge in [-0.2, -0.15) is 4.98 Å². The number of nitrogens with one attached hydrogen (secondary N) is 1. The van der Waals surface area contributed by atoms with Gasteiger partial charge in [0.25, 0.3) is 0 Å². The molecule has 2 aromatic rings. The fraction of sp³-hybridized carbons (Fsp3) is 0.286. The monoisotopic (exact) mass is 401 g/mol. The zero-order chi connectivity index (χ0) is 14.4. The van der Waals surface area contributed by atoms with E-state index >= 15 is 0 Å². The molecule has 0 saturated heterocycles. The van der Waals surface area contributed by atoms with Gasteiger partial charge in [-0.1, -0.05) is 24.8 Å². The summed E-state index contributed by atoms with van der Waals surface area (Å²) in [6.07, 6.45) is 3.00. The molecule has 0 aliphatic carbocycles. The third-order valence-corrected chi connectivity index (χ3v) is 3.66. The lowest BCUT2D eigenvalue weighted by molar-refractivity contribution is 0.455. The van der Waals surface area contributed by atoms with Crippen molar-refractivity contribution >= 4 is 40.2 Å². The lowest BCUT2D eigenvalue weighted by Crippen LogP contribution is -2.04. The summed E-state index contributed by atoms with van der Waals surface area (Å²) in [6, 6.07) is 9.71. The number of hydrogen-bond acceptors (Lipinski definition) is 5. The van der Waals surface area contributed by atoms with E-state index in [1.54, 1.807) is 0 Å². The van der Waals surface area contributed by atoms with Gasteiger partial charge in [0.1, 0.15) is 11.6 Å². The first-order valence-electron chi connectivity index (χ1n) is 6.31. The minimum absolute atomic E-state index is 0.560. The number of rotatable bonds is 6. The molecule has 20 heavy (non-hydrogen) atoms.